The number of fused-ring (bicyclic) bond motifs is 6. The van der Waals surface area contributed by atoms with Crippen LogP contribution in [-0.2, 0) is 6.42 Å². The van der Waals surface area contributed by atoms with E-state index in [1.807, 2.05) is 12.1 Å². The lowest BCUT2D eigenvalue weighted by Crippen LogP contribution is -2.13. The van der Waals surface area contributed by atoms with Crippen molar-refractivity contribution >= 4 is 44.4 Å². The maximum atomic E-state index is 9.67. The first-order chi connectivity index (χ1) is 23.7. The van der Waals surface area contributed by atoms with Crippen molar-refractivity contribution in [2.75, 3.05) is 0 Å². The molecule has 0 amide bonds. The van der Waals surface area contributed by atoms with Crippen molar-refractivity contribution in [2.45, 2.75) is 18.9 Å². The lowest BCUT2D eigenvalue weighted by Gasteiger charge is -2.25. The monoisotopic (exact) mass is 614 g/mol. The Balaban J connectivity index is 1.12. The Bertz CT molecular complexity index is 2610. The van der Waals surface area contributed by atoms with E-state index in [9.17, 15) is 10.5 Å². The molecule has 0 bridgehead atoms. The largest absolute Gasteiger partial charge is 0.333 e. The average Bonchev–Trinajstić information content (AvgIpc) is 3.67. The first kappa shape index (κ1) is 27.9. The number of hydrogen-bond donors (Lipinski definition) is 0. The Labute approximate surface area is 279 Å². The normalized spacial score (nSPS) is 16.9. The van der Waals surface area contributed by atoms with Crippen LogP contribution in [0.15, 0.2) is 140 Å². The van der Waals surface area contributed by atoms with Gasteiger partial charge in [0.15, 0.2) is 0 Å². The summed E-state index contributed by atoms with van der Waals surface area (Å²) in [4.78, 5) is 0. The first-order valence-corrected chi connectivity index (χ1v) is 16.4. The summed E-state index contributed by atoms with van der Waals surface area (Å²) in [7, 11) is 0. The van der Waals surface area contributed by atoms with Crippen LogP contribution in [-0.4, -0.2) is 9.13 Å². The molecular weight excluding hydrogens is 585 g/mol. The van der Waals surface area contributed by atoms with Crippen molar-refractivity contribution in [3.63, 3.8) is 0 Å². The third-order valence-corrected chi connectivity index (χ3v) is 10.0. The van der Waals surface area contributed by atoms with E-state index in [0.717, 1.165) is 45.9 Å². The lowest BCUT2D eigenvalue weighted by molar-refractivity contribution is 0.626. The first-order valence-electron chi connectivity index (χ1n) is 16.4. The molecule has 4 nitrogen and oxygen atoms in total. The zero-order chi connectivity index (χ0) is 32.2. The van der Waals surface area contributed by atoms with Gasteiger partial charge in [-0.05, 0) is 89.2 Å². The minimum absolute atomic E-state index is 0.0886. The summed E-state index contributed by atoms with van der Waals surface area (Å²) in [6.45, 7) is 0. The quantitative estimate of drug-likeness (QED) is 0.198. The summed E-state index contributed by atoms with van der Waals surface area (Å²) in [5.41, 5.74) is 12.5. The van der Waals surface area contributed by atoms with Gasteiger partial charge in [0.25, 0.3) is 0 Å². The molecule has 2 aliphatic carbocycles. The Hall–Kier alpha value is -6.36. The molecule has 2 aromatic heterocycles. The van der Waals surface area contributed by atoms with Crippen LogP contribution >= 0.6 is 0 Å². The zero-order valence-electron chi connectivity index (χ0n) is 26.2. The number of para-hydroxylation sites is 2. The van der Waals surface area contributed by atoms with E-state index in [-0.39, 0.29) is 12.0 Å². The van der Waals surface area contributed by atoms with E-state index < -0.39 is 0 Å². The van der Waals surface area contributed by atoms with Gasteiger partial charge in [-0.15, -0.1) is 0 Å². The molecule has 9 rings (SSSR count). The second-order valence-corrected chi connectivity index (χ2v) is 12.7. The Morgan fingerprint density at radius 2 is 1.42 bits per heavy atom. The maximum Gasteiger partial charge on any atom is 0.0991 e. The van der Waals surface area contributed by atoms with Crippen LogP contribution in [0.1, 0.15) is 34.8 Å². The number of nitrogens with zero attached hydrogens (tertiary/aromatic N) is 4. The Kier molecular flexibility index (Phi) is 6.49. The molecule has 7 aromatic rings. The molecule has 0 spiro atoms. The minimum Gasteiger partial charge on any atom is -0.333 e. The number of nitriles is 2. The Morgan fingerprint density at radius 1 is 0.646 bits per heavy atom. The van der Waals surface area contributed by atoms with Gasteiger partial charge < -0.3 is 9.13 Å². The predicted octanol–water partition coefficient (Wildman–Crippen LogP) is 10.6. The fourth-order valence-electron chi connectivity index (χ4n) is 7.88. The number of aromatic nitrogens is 2. The summed E-state index contributed by atoms with van der Waals surface area (Å²) in [6.07, 6.45) is 12.6. The molecule has 2 unspecified atom stereocenters. The van der Waals surface area contributed by atoms with E-state index in [4.69, 9.17) is 0 Å². The Morgan fingerprint density at radius 3 is 2.27 bits per heavy atom. The minimum atomic E-state index is -0.0886. The average molecular weight is 615 g/mol. The molecule has 0 N–H and O–H groups in total. The van der Waals surface area contributed by atoms with Crippen LogP contribution in [0.5, 0.6) is 0 Å². The van der Waals surface area contributed by atoms with Gasteiger partial charge in [-0.25, -0.2) is 0 Å². The van der Waals surface area contributed by atoms with E-state index in [0.29, 0.717) is 5.56 Å². The maximum absolute atomic E-state index is 9.67. The lowest BCUT2D eigenvalue weighted by atomic mass is 9.88. The number of benzene rings is 5. The third kappa shape index (κ3) is 4.35. The summed E-state index contributed by atoms with van der Waals surface area (Å²) in [5.74, 6) is -0.0886. The highest BCUT2D eigenvalue weighted by atomic mass is 15.0. The van der Waals surface area contributed by atoms with Gasteiger partial charge in [0.1, 0.15) is 0 Å². The highest BCUT2D eigenvalue weighted by Gasteiger charge is 2.26. The topological polar surface area (TPSA) is 57.4 Å². The van der Waals surface area contributed by atoms with Crippen molar-refractivity contribution < 1.29 is 0 Å². The standard InChI is InChI=1S/C44H30N4/c45-27-29-19-21-43-39(23-29)37-15-3-5-17-41(37)47(43)33-11-7-9-31(25-33)35-13-1-2-14-36(35)32-10-8-12-34(26-32)48-42-18-6-4-16-38(42)40-24-30(28-46)20-22-44(40)48/h1-23,25,30,34H,24,26H2. The number of hydrogen-bond acceptors (Lipinski definition) is 2. The summed E-state index contributed by atoms with van der Waals surface area (Å²) < 4.78 is 4.78. The van der Waals surface area contributed by atoms with Gasteiger partial charge in [-0.1, -0.05) is 97.1 Å². The van der Waals surface area contributed by atoms with Crippen molar-refractivity contribution in [1.82, 2.24) is 9.13 Å². The van der Waals surface area contributed by atoms with Gasteiger partial charge >= 0.3 is 0 Å². The molecule has 0 aliphatic heterocycles. The SMILES string of the molecule is N#Cc1ccc2c(c1)c1ccccc1n2-c1cccc(-c2ccccc2C2=CC=CC(n3c4c(c5ccccc53)CC(C#N)C=C4)C2)c1. The van der Waals surface area contributed by atoms with Crippen LogP contribution in [0.3, 0.4) is 0 Å². The number of allylic oxidation sites excluding steroid dienone is 5. The zero-order valence-corrected chi connectivity index (χ0v) is 26.2. The van der Waals surface area contributed by atoms with Crippen LogP contribution < -0.4 is 0 Å². The molecule has 5 aromatic carbocycles. The molecule has 2 heterocycles. The second-order valence-electron chi connectivity index (χ2n) is 12.7. The van der Waals surface area contributed by atoms with Crippen molar-refractivity contribution in [3.05, 3.63) is 162 Å². The van der Waals surface area contributed by atoms with Crippen molar-refractivity contribution in [1.29, 1.82) is 10.5 Å². The molecule has 4 heteroatoms. The van der Waals surface area contributed by atoms with Crippen molar-refractivity contribution in [3.8, 4) is 29.0 Å². The molecule has 2 aliphatic rings. The molecular formula is C44H30N4. The fraction of sp³-hybridized carbons (Fsp3) is 0.0909. The van der Waals surface area contributed by atoms with E-state index in [1.54, 1.807) is 0 Å². The van der Waals surface area contributed by atoms with Crippen molar-refractivity contribution in [2.24, 2.45) is 5.92 Å². The smallest absolute Gasteiger partial charge is 0.0991 e. The van der Waals surface area contributed by atoms with Gasteiger partial charge in [0.05, 0.1) is 40.7 Å². The van der Waals surface area contributed by atoms with Gasteiger partial charge in [0, 0.05) is 33.1 Å². The van der Waals surface area contributed by atoms with Crippen LogP contribution in [0.2, 0.25) is 0 Å². The molecule has 0 saturated carbocycles. The van der Waals surface area contributed by atoms with Gasteiger partial charge in [-0.3, -0.25) is 0 Å². The molecule has 226 valence electrons. The third-order valence-electron chi connectivity index (χ3n) is 10.0. The summed E-state index contributed by atoms with van der Waals surface area (Å²) in [6, 6.07) is 45.4. The number of rotatable bonds is 4. The molecule has 2 atom stereocenters. The second kappa shape index (κ2) is 11.2. The van der Waals surface area contributed by atoms with E-state index >= 15 is 0 Å². The molecule has 0 radical (unpaired) electrons. The predicted molar refractivity (Wildman–Crippen MR) is 195 cm³/mol. The molecule has 0 saturated heterocycles. The molecule has 0 fully saturated rings. The van der Waals surface area contributed by atoms with Crippen LogP contribution in [0.4, 0.5) is 0 Å². The molecule has 48 heavy (non-hydrogen) atoms. The summed E-state index contributed by atoms with van der Waals surface area (Å²) in [5, 5.41) is 22.7. The van der Waals surface area contributed by atoms with E-state index in [1.165, 1.54) is 38.9 Å². The fourth-order valence-corrected chi connectivity index (χ4v) is 7.88. The van der Waals surface area contributed by atoms with Gasteiger partial charge in [-0.2, -0.15) is 10.5 Å². The highest BCUT2D eigenvalue weighted by Crippen LogP contribution is 2.42. The van der Waals surface area contributed by atoms with Crippen LogP contribution in [0.25, 0.3) is 61.2 Å². The highest BCUT2D eigenvalue weighted by molar-refractivity contribution is 6.09. The van der Waals surface area contributed by atoms with Gasteiger partial charge in [0.2, 0.25) is 0 Å². The van der Waals surface area contributed by atoms with Crippen LogP contribution in [0, 0.1) is 28.6 Å². The summed E-state index contributed by atoms with van der Waals surface area (Å²) >= 11 is 0. The van der Waals surface area contributed by atoms with E-state index in [2.05, 4.69) is 155 Å².